The molecule has 1 aromatic rings. The molecule has 4 nitrogen and oxygen atoms in total. The number of methoxy groups -OCH3 is 1. The fourth-order valence-electron chi connectivity index (χ4n) is 1.97. The van der Waals surface area contributed by atoms with E-state index in [0.29, 0.717) is 13.2 Å². The van der Waals surface area contributed by atoms with Crippen molar-refractivity contribution in [2.45, 2.75) is 40.0 Å². The Morgan fingerprint density at radius 2 is 1.76 bits per heavy atom. The van der Waals surface area contributed by atoms with Gasteiger partial charge in [-0.05, 0) is 23.6 Å². The van der Waals surface area contributed by atoms with Crippen LogP contribution < -0.4 is 9.26 Å². The van der Waals surface area contributed by atoms with Crippen molar-refractivity contribution in [3.63, 3.8) is 0 Å². The Kier molecular flexibility index (Phi) is 4.82. The van der Waals surface area contributed by atoms with E-state index in [9.17, 15) is 0 Å². The SMILES string of the molecule is COc1ccc(OP2OCC(C)(C)CO2)c(C(C)(C)C)c1. The largest absolute Gasteiger partial charge is 0.497 e. The van der Waals surface area contributed by atoms with Crippen molar-refractivity contribution in [3.05, 3.63) is 23.8 Å². The molecule has 1 aromatic carbocycles. The molecule has 0 saturated carbocycles. The van der Waals surface area contributed by atoms with Gasteiger partial charge in [-0.1, -0.05) is 34.6 Å². The van der Waals surface area contributed by atoms with E-state index in [2.05, 4.69) is 34.6 Å². The van der Waals surface area contributed by atoms with Gasteiger partial charge >= 0.3 is 8.60 Å². The lowest BCUT2D eigenvalue weighted by Gasteiger charge is -2.33. The van der Waals surface area contributed by atoms with Crippen LogP contribution in [0.3, 0.4) is 0 Å². The summed E-state index contributed by atoms with van der Waals surface area (Å²) < 4.78 is 22.7. The van der Waals surface area contributed by atoms with Crippen LogP contribution in [0.5, 0.6) is 11.5 Å². The van der Waals surface area contributed by atoms with E-state index in [0.717, 1.165) is 17.1 Å². The molecule has 21 heavy (non-hydrogen) atoms. The van der Waals surface area contributed by atoms with Crippen molar-refractivity contribution >= 4 is 8.60 Å². The van der Waals surface area contributed by atoms with E-state index in [-0.39, 0.29) is 10.8 Å². The van der Waals surface area contributed by atoms with Crippen molar-refractivity contribution in [2.24, 2.45) is 5.41 Å². The van der Waals surface area contributed by atoms with E-state index >= 15 is 0 Å². The van der Waals surface area contributed by atoms with Crippen molar-refractivity contribution in [1.82, 2.24) is 0 Å². The molecule has 0 amide bonds. The van der Waals surface area contributed by atoms with E-state index in [1.807, 2.05) is 18.2 Å². The zero-order valence-corrected chi connectivity index (χ0v) is 14.6. The quantitative estimate of drug-likeness (QED) is 0.760. The number of ether oxygens (including phenoxy) is 1. The van der Waals surface area contributed by atoms with E-state index in [4.69, 9.17) is 18.3 Å². The van der Waals surface area contributed by atoms with Gasteiger partial charge in [0.1, 0.15) is 11.5 Å². The highest BCUT2D eigenvalue weighted by atomic mass is 31.2. The van der Waals surface area contributed by atoms with Crippen LogP contribution in [0, 0.1) is 5.41 Å². The van der Waals surface area contributed by atoms with Gasteiger partial charge in [-0.15, -0.1) is 0 Å². The minimum absolute atomic E-state index is 0.0474. The van der Waals surface area contributed by atoms with E-state index in [1.54, 1.807) is 7.11 Å². The minimum Gasteiger partial charge on any atom is -0.497 e. The molecule has 0 aliphatic carbocycles. The van der Waals surface area contributed by atoms with Crippen LogP contribution in [0.25, 0.3) is 0 Å². The maximum atomic E-state index is 5.97. The van der Waals surface area contributed by atoms with Crippen molar-refractivity contribution in [1.29, 1.82) is 0 Å². The molecule has 0 spiro atoms. The van der Waals surface area contributed by atoms with E-state index < -0.39 is 8.60 Å². The summed E-state index contributed by atoms with van der Waals surface area (Å²) in [4.78, 5) is 0. The molecule has 1 aliphatic rings. The second-order valence-corrected chi connectivity index (χ2v) is 8.28. The molecule has 1 heterocycles. The monoisotopic (exact) mass is 312 g/mol. The Morgan fingerprint density at radius 1 is 1.14 bits per heavy atom. The summed E-state index contributed by atoms with van der Waals surface area (Å²) >= 11 is 0. The van der Waals surface area contributed by atoms with Gasteiger partial charge in [0, 0.05) is 11.0 Å². The van der Waals surface area contributed by atoms with Crippen LogP contribution in [0.15, 0.2) is 18.2 Å². The summed E-state index contributed by atoms with van der Waals surface area (Å²) in [7, 11) is 0.344. The highest BCUT2D eigenvalue weighted by Crippen LogP contribution is 2.49. The van der Waals surface area contributed by atoms with Crippen LogP contribution in [0.2, 0.25) is 0 Å². The summed E-state index contributed by atoms with van der Waals surface area (Å²) in [5, 5.41) is 0. The average molecular weight is 312 g/mol. The predicted octanol–water partition coefficient (Wildman–Crippen LogP) is 4.67. The molecule has 1 aliphatic heterocycles. The number of rotatable bonds is 3. The normalized spacial score (nSPS) is 19.3. The number of hydrogen-bond acceptors (Lipinski definition) is 4. The highest BCUT2D eigenvalue weighted by molar-refractivity contribution is 7.42. The molecular weight excluding hydrogens is 287 g/mol. The van der Waals surface area contributed by atoms with Gasteiger partial charge in [-0.2, -0.15) is 0 Å². The van der Waals surface area contributed by atoms with Crippen LogP contribution >= 0.6 is 8.60 Å². The number of benzene rings is 1. The third-order valence-electron chi connectivity index (χ3n) is 3.29. The fraction of sp³-hybridized carbons (Fsp3) is 0.625. The summed E-state index contributed by atoms with van der Waals surface area (Å²) in [6, 6.07) is 5.83. The second kappa shape index (κ2) is 6.12. The first-order chi connectivity index (χ1) is 9.71. The van der Waals surface area contributed by atoms with Gasteiger partial charge in [0.05, 0.1) is 20.3 Å². The summed E-state index contributed by atoms with van der Waals surface area (Å²) in [6.45, 7) is 12.0. The first-order valence-electron chi connectivity index (χ1n) is 7.14. The Morgan fingerprint density at radius 3 is 2.29 bits per heavy atom. The van der Waals surface area contributed by atoms with Gasteiger partial charge in [0.15, 0.2) is 0 Å². The van der Waals surface area contributed by atoms with E-state index in [1.165, 1.54) is 0 Å². The second-order valence-electron chi connectivity index (χ2n) is 7.14. The van der Waals surface area contributed by atoms with Crippen molar-refractivity contribution < 1.29 is 18.3 Å². The molecule has 5 heteroatoms. The van der Waals surface area contributed by atoms with Gasteiger partial charge in [0.2, 0.25) is 0 Å². The predicted molar refractivity (Wildman–Crippen MR) is 84.9 cm³/mol. The van der Waals surface area contributed by atoms with Gasteiger partial charge < -0.3 is 18.3 Å². The molecule has 0 radical (unpaired) electrons. The zero-order chi connectivity index (χ0) is 15.7. The molecule has 1 saturated heterocycles. The third kappa shape index (κ3) is 4.32. The summed E-state index contributed by atoms with van der Waals surface area (Å²) in [5.74, 6) is 1.63. The summed E-state index contributed by atoms with van der Waals surface area (Å²) in [6.07, 6.45) is 0. The standard InChI is InChI=1S/C16H25O4P/c1-15(2,3)13-9-12(17-6)7-8-14(13)20-21-18-10-16(4,5)11-19-21/h7-9H,10-11H2,1-6H3. The molecule has 0 unspecified atom stereocenters. The van der Waals surface area contributed by atoms with Gasteiger partial charge in [-0.3, -0.25) is 0 Å². The zero-order valence-electron chi connectivity index (χ0n) is 13.7. The van der Waals surface area contributed by atoms with Crippen LogP contribution in [-0.2, 0) is 14.5 Å². The molecule has 0 aromatic heterocycles. The average Bonchev–Trinajstić information content (AvgIpc) is 2.40. The highest BCUT2D eigenvalue weighted by Gasteiger charge is 2.32. The minimum atomic E-state index is -1.32. The maximum absolute atomic E-state index is 5.97. The molecule has 1 fully saturated rings. The molecule has 0 atom stereocenters. The van der Waals surface area contributed by atoms with Gasteiger partial charge in [0.25, 0.3) is 0 Å². The first kappa shape index (κ1) is 16.5. The molecular formula is C16H25O4P. The Hall–Kier alpha value is -0.830. The smallest absolute Gasteiger partial charge is 0.397 e. The Balaban J connectivity index is 2.16. The lowest BCUT2D eigenvalue weighted by Crippen LogP contribution is -2.29. The lowest BCUT2D eigenvalue weighted by molar-refractivity contribution is 0.0424. The first-order valence-corrected chi connectivity index (χ1v) is 8.23. The Labute approximate surface area is 128 Å². The van der Waals surface area contributed by atoms with Gasteiger partial charge in [-0.25, -0.2) is 0 Å². The third-order valence-corrected chi connectivity index (χ3v) is 4.31. The topological polar surface area (TPSA) is 36.9 Å². The van der Waals surface area contributed by atoms with Crippen molar-refractivity contribution in [2.75, 3.05) is 20.3 Å². The van der Waals surface area contributed by atoms with Crippen LogP contribution in [-0.4, -0.2) is 20.3 Å². The molecule has 0 bridgehead atoms. The summed E-state index contributed by atoms with van der Waals surface area (Å²) in [5.41, 5.74) is 1.09. The van der Waals surface area contributed by atoms with Crippen LogP contribution in [0.4, 0.5) is 0 Å². The Bertz CT molecular complexity index is 484. The number of hydrogen-bond donors (Lipinski definition) is 0. The molecule has 2 rings (SSSR count). The lowest BCUT2D eigenvalue weighted by atomic mass is 9.86. The van der Waals surface area contributed by atoms with Crippen LogP contribution in [0.1, 0.15) is 40.2 Å². The fourth-order valence-corrected chi connectivity index (χ4v) is 3.38. The molecule has 118 valence electrons. The maximum Gasteiger partial charge on any atom is 0.397 e. The molecule has 0 N–H and O–H groups in total. The van der Waals surface area contributed by atoms with Crippen molar-refractivity contribution in [3.8, 4) is 11.5 Å².